The molecule has 0 fully saturated rings. The molecule has 11 heteroatoms. The first-order chi connectivity index (χ1) is 13.0. The van der Waals surface area contributed by atoms with Gasteiger partial charge in [0.25, 0.3) is 0 Å². The van der Waals surface area contributed by atoms with E-state index in [2.05, 4.69) is 28.6 Å². The van der Waals surface area contributed by atoms with Crippen molar-refractivity contribution in [3.8, 4) is 0 Å². The van der Waals surface area contributed by atoms with Crippen molar-refractivity contribution in [2.24, 2.45) is 17.6 Å². The maximum atomic E-state index is 12.6. The molecule has 10 nitrogen and oxygen atoms in total. The van der Waals surface area contributed by atoms with Gasteiger partial charge in [0.05, 0.1) is 12.6 Å². The summed E-state index contributed by atoms with van der Waals surface area (Å²) in [7, 11) is 0. The van der Waals surface area contributed by atoms with Gasteiger partial charge in [0.15, 0.2) is 0 Å². The van der Waals surface area contributed by atoms with Crippen molar-refractivity contribution in [1.29, 1.82) is 0 Å². The van der Waals surface area contributed by atoms with Gasteiger partial charge < -0.3 is 31.9 Å². The van der Waals surface area contributed by atoms with Crippen LogP contribution in [0.15, 0.2) is 0 Å². The van der Waals surface area contributed by atoms with E-state index in [1.54, 1.807) is 27.7 Å². The predicted octanol–water partition coefficient (Wildman–Crippen LogP) is -1.52. The minimum Gasteiger partial charge on any atom is -0.480 e. The van der Waals surface area contributed by atoms with Crippen molar-refractivity contribution < 1.29 is 29.4 Å². The lowest BCUT2D eigenvalue weighted by atomic mass is 9.97. The normalized spacial score (nSPS) is 16.4. The third-order valence-corrected chi connectivity index (χ3v) is 4.79. The van der Waals surface area contributed by atoms with E-state index >= 15 is 0 Å². The minimum absolute atomic E-state index is 0.0222. The van der Waals surface area contributed by atoms with Crippen LogP contribution in [0.4, 0.5) is 0 Å². The highest BCUT2D eigenvalue weighted by Crippen LogP contribution is 2.09. The van der Waals surface area contributed by atoms with Gasteiger partial charge in [-0.3, -0.25) is 14.4 Å². The van der Waals surface area contributed by atoms with Crippen LogP contribution < -0.4 is 21.7 Å². The van der Waals surface area contributed by atoms with Gasteiger partial charge in [-0.05, 0) is 11.8 Å². The fourth-order valence-corrected chi connectivity index (χ4v) is 2.42. The largest absolute Gasteiger partial charge is 0.480 e. The zero-order valence-electron chi connectivity index (χ0n) is 16.6. The summed E-state index contributed by atoms with van der Waals surface area (Å²) in [5.74, 6) is -3.78. The van der Waals surface area contributed by atoms with E-state index in [9.17, 15) is 19.2 Å². The molecule has 162 valence electrons. The van der Waals surface area contributed by atoms with Gasteiger partial charge in [0.1, 0.15) is 18.1 Å². The van der Waals surface area contributed by atoms with Crippen LogP contribution in [0.5, 0.6) is 0 Å². The first kappa shape index (κ1) is 26.1. The second kappa shape index (κ2) is 12.6. The second-order valence-electron chi connectivity index (χ2n) is 6.97. The fraction of sp³-hybridized carbons (Fsp3) is 0.765. The smallest absolute Gasteiger partial charge is 0.328 e. The van der Waals surface area contributed by atoms with Crippen molar-refractivity contribution in [3.05, 3.63) is 0 Å². The molecule has 0 radical (unpaired) electrons. The summed E-state index contributed by atoms with van der Waals surface area (Å²) in [4.78, 5) is 48.1. The number of hydrogen-bond donors (Lipinski definition) is 7. The van der Waals surface area contributed by atoms with E-state index in [-0.39, 0.29) is 17.6 Å². The molecule has 5 atom stereocenters. The summed E-state index contributed by atoms with van der Waals surface area (Å²) < 4.78 is 0. The molecule has 0 aromatic rings. The van der Waals surface area contributed by atoms with Crippen LogP contribution in [-0.4, -0.2) is 70.4 Å². The minimum atomic E-state index is -1.49. The van der Waals surface area contributed by atoms with E-state index < -0.39 is 54.5 Å². The highest BCUT2D eigenvalue weighted by Gasteiger charge is 2.32. The number of aliphatic carboxylic acids is 1. The third kappa shape index (κ3) is 8.03. The number of carbonyl (C=O) groups is 4. The van der Waals surface area contributed by atoms with Crippen molar-refractivity contribution in [2.75, 3.05) is 12.4 Å². The SMILES string of the molecule is CCC(C)C(NC(=O)C(CS)NC(=O)C(N)C(C)C)C(=O)NC(CO)C(=O)O. The van der Waals surface area contributed by atoms with Gasteiger partial charge in [-0.1, -0.05) is 34.1 Å². The van der Waals surface area contributed by atoms with Crippen molar-refractivity contribution >= 4 is 36.3 Å². The highest BCUT2D eigenvalue weighted by molar-refractivity contribution is 7.80. The fourth-order valence-electron chi connectivity index (χ4n) is 2.17. The van der Waals surface area contributed by atoms with E-state index in [0.29, 0.717) is 6.42 Å². The zero-order chi connectivity index (χ0) is 22.0. The highest BCUT2D eigenvalue weighted by atomic mass is 32.1. The number of rotatable bonds is 12. The molecule has 0 aromatic carbocycles. The van der Waals surface area contributed by atoms with Gasteiger partial charge in [0.2, 0.25) is 17.7 Å². The Bertz CT molecular complexity index is 560. The van der Waals surface area contributed by atoms with Crippen LogP contribution in [0.2, 0.25) is 0 Å². The van der Waals surface area contributed by atoms with Crippen molar-refractivity contribution in [2.45, 2.75) is 58.3 Å². The molecule has 0 aliphatic rings. The number of aliphatic hydroxyl groups excluding tert-OH is 1. The topological polar surface area (TPSA) is 171 Å². The van der Waals surface area contributed by atoms with Gasteiger partial charge in [-0.25, -0.2) is 4.79 Å². The quantitative estimate of drug-likeness (QED) is 0.188. The molecule has 0 heterocycles. The molecule has 5 unspecified atom stereocenters. The molecule has 0 rings (SSSR count). The van der Waals surface area contributed by atoms with Crippen LogP contribution in [-0.2, 0) is 19.2 Å². The third-order valence-electron chi connectivity index (χ3n) is 4.43. The average Bonchev–Trinajstić information content (AvgIpc) is 2.65. The number of thiol groups is 1. The Labute approximate surface area is 170 Å². The molecule has 0 aliphatic heterocycles. The Kier molecular flexibility index (Phi) is 11.7. The summed E-state index contributed by atoms with van der Waals surface area (Å²) in [6.45, 7) is 6.26. The summed E-state index contributed by atoms with van der Waals surface area (Å²) >= 11 is 4.07. The average molecular weight is 421 g/mol. The maximum absolute atomic E-state index is 12.6. The Morgan fingerprint density at radius 3 is 1.89 bits per heavy atom. The zero-order valence-corrected chi connectivity index (χ0v) is 17.5. The summed E-state index contributed by atoms with van der Waals surface area (Å²) in [5, 5.41) is 25.3. The number of amides is 3. The maximum Gasteiger partial charge on any atom is 0.328 e. The van der Waals surface area contributed by atoms with Crippen LogP contribution in [0.25, 0.3) is 0 Å². The molecule has 7 N–H and O–H groups in total. The summed E-state index contributed by atoms with van der Waals surface area (Å²) in [6.07, 6.45) is 0.519. The molecular weight excluding hydrogens is 388 g/mol. The second-order valence-corrected chi connectivity index (χ2v) is 7.33. The van der Waals surface area contributed by atoms with Crippen LogP contribution >= 0.6 is 12.6 Å². The lowest BCUT2D eigenvalue weighted by Crippen LogP contribution is -2.59. The monoisotopic (exact) mass is 420 g/mol. The van der Waals surface area contributed by atoms with Gasteiger partial charge in [-0.2, -0.15) is 12.6 Å². The van der Waals surface area contributed by atoms with E-state index in [0.717, 1.165) is 0 Å². The molecule has 28 heavy (non-hydrogen) atoms. The molecule has 3 amide bonds. The molecule has 0 aromatic heterocycles. The van der Waals surface area contributed by atoms with Crippen LogP contribution in [0.1, 0.15) is 34.1 Å². The van der Waals surface area contributed by atoms with E-state index in [1.165, 1.54) is 0 Å². The number of hydrogen-bond acceptors (Lipinski definition) is 7. The Morgan fingerprint density at radius 1 is 0.964 bits per heavy atom. The van der Waals surface area contributed by atoms with Gasteiger partial charge in [0, 0.05) is 5.75 Å². The number of nitrogens with two attached hydrogens (primary N) is 1. The van der Waals surface area contributed by atoms with Crippen LogP contribution in [0, 0.1) is 11.8 Å². The number of carboxylic acid groups (broad SMARTS) is 1. The molecule has 0 saturated heterocycles. The molecule has 0 aliphatic carbocycles. The number of aliphatic hydroxyl groups is 1. The first-order valence-electron chi connectivity index (χ1n) is 9.11. The Morgan fingerprint density at radius 2 is 1.50 bits per heavy atom. The first-order valence-corrected chi connectivity index (χ1v) is 9.74. The predicted molar refractivity (Wildman–Crippen MR) is 107 cm³/mol. The van der Waals surface area contributed by atoms with E-state index in [4.69, 9.17) is 15.9 Å². The van der Waals surface area contributed by atoms with E-state index in [1.807, 2.05) is 0 Å². The number of carbonyl (C=O) groups excluding carboxylic acids is 3. The lowest BCUT2D eigenvalue weighted by molar-refractivity contribution is -0.143. The summed E-state index contributed by atoms with van der Waals surface area (Å²) in [6, 6.07) is -4.36. The van der Waals surface area contributed by atoms with Crippen molar-refractivity contribution in [1.82, 2.24) is 16.0 Å². The van der Waals surface area contributed by atoms with Gasteiger partial charge in [-0.15, -0.1) is 0 Å². The van der Waals surface area contributed by atoms with Crippen molar-refractivity contribution in [3.63, 3.8) is 0 Å². The number of nitrogens with one attached hydrogen (secondary N) is 3. The number of carboxylic acids is 1. The molecular formula is C17H32N4O6S. The Hall–Kier alpha value is -1.85. The molecule has 0 saturated carbocycles. The van der Waals surface area contributed by atoms with Crippen LogP contribution in [0.3, 0.4) is 0 Å². The lowest BCUT2D eigenvalue weighted by Gasteiger charge is -2.27. The van der Waals surface area contributed by atoms with Gasteiger partial charge >= 0.3 is 5.97 Å². The summed E-state index contributed by atoms with van der Waals surface area (Å²) in [5.41, 5.74) is 5.77. The molecule has 0 spiro atoms. The standard InChI is InChI=1S/C17H32N4O6S/c1-5-9(4)13(16(25)19-10(6-22)17(26)27)21-14(23)11(7-28)20-15(24)12(18)8(2)3/h8-13,22,28H,5-7,18H2,1-4H3,(H,19,25)(H,20,24)(H,21,23)(H,26,27). The molecule has 0 bridgehead atoms. The Balaban J connectivity index is 5.24.